The summed E-state index contributed by atoms with van der Waals surface area (Å²) in [6.07, 6.45) is 3.40. The molecule has 1 N–H and O–H groups in total. The smallest absolute Gasteiger partial charge is 0.239 e. The Morgan fingerprint density at radius 3 is 2.60 bits per heavy atom. The second-order valence-electron chi connectivity index (χ2n) is 4.68. The maximum atomic E-state index is 12.0. The third-order valence-electron chi connectivity index (χ3n) is 3.17. The van der Waals surface area contributed by atoms with Crippen LogP contribution in [0.15, 0.2) is 0 Å². The van der Waals surface area contributed by atoms with Crippen LogP contribution < -0.4 is 5.32 Å². The van der Waals surface area contributed by atoms with E-state index in [0.717, 1.165) is 44.8 Å². The lowest BCUT2D eigenvalue weighted by atomic mass is 9.99. The molecule has 1 rings (SSSR count). The zero-order valence-electron chi connectivity index (χ0n) is 10.3. The quantitative estimate of drug-likeness (QED) is 0.768. The van der Waals surface area contributed by atoms with Gasteiger partial charge < -0.3 is 10.2 Å². The highest BCUT2D eigenvalue weighted by molar-refractivity contribution is 5.81. The van der Waals surface area contributed by atoms with Crippen molar-refractivity contribution in [3.8, 4) is 0 Å². The van der Waals surface area contributed by atoms with Crippen molar-refractivity contribution in [2.24, 2.45) is 5.92 Å². The van der Waals surface area contributed by atoms with Crippen molar-refractivity contribution in [1.82, 2.24) is 10.2 Å². The molecule has 0 bridgehead atoms. The molecule has 0 spiro atoms. The van der Waals surface area contributed by atoms with Crippen molar-refractivity contribution in [3.63, 3.8) is 0 Å². The molecule has 1 atom stereocenters. The molecule has 3 heteroatoms. The lowest BCUT2D eigenvalue weighted by molar-refractivity contribution is -0.134. The van der Waals surface area contributed by atoms with Gasteiger partial charge in [-0.05, 0) is 38.6 Å². The Bertz CT molecular complexity index is 198. The highest BCUT2D eigenvalue weighted by Gasteiger charge is 2.23. The summed E-state index contributed by atoms with van der Waals surface area (Å²) in [5.41, 5.74) is 0. The van der Waals surface area contributed by atoms with Crippen LogP contribution in [0.4, 0.5) is 0 Å². The van der Waals surface area contributed by atoms with Crippen LogP contribution in [0.5, 0.6) is 0 Å². The largest absolute Gasteiger partial charge is 0.341 e. The SMILES string of the molecule is CCCNC(C)C(=O)N1CCC(C)CC1. The first-order chi connectivity index (χ1) is 7.15. The fraction of sp³-hybridized carbons (Fsp3) is 0.917. The number of hydrogen-bond donors (Lipinski definition) is 1. The minimum absolute atomic E-state index is 0.0154. The molecule has 88 valence electrons. The summed E-state index contributed by atoms with van der Waals surface area (Å²) >= 11 is 0. The monoisotopic (exact) mass is 212 g/mol. The second-order valence-corrected chi connectivity index (χ2v) is 4.68. The molecule has 1 amide bonds. The van der Waals surface area contributed by atoms with Gasteiger partial charge in [0.25, 0.3) is 0 Å². The molecule has 0 radical (unpaired) electrons. The summed E-state index contributed by atoms with van der Waals surface area (Å²) < 4.78 is 0. The van der Waals surface area contributed by atoms with E-state index in [-0.39, 0.29) is 11.9 Å². The first-order valence-corrected chi connectivity index (χ1v) is 6.17. The van der Waals surface area contributed by atoms with Gasteiger partial charge in [-0.15, -0.1) is 0 Å². The Hall–Kier alpha value is -0.570. The minimum atomic E-state index is -0.0154. The summed E-state index contributed by atoms with van der Waals surface area (Å²) in [5.74, 6) is 1.06. The normalized spacial score (nSPS) is 20.3. The van der Waals surface area contributed by atoms with E-state index in [4.69, 9.17) is 0 Å². The number of carbonyl (C=O) groups is 1. The lowest BCUT2D eigenvalue weighted by Gasteiger charge is -2.32. The van der Waals surface area contributed by atoms with E-state index in [1.165, 1.54) is 0 Å². The molecule has 0 aromatic rings. The van der Waals surface area contributed by atoms with Gasteiger partial charge in [0.1, 0.15) is 0 Å². The van der Waals surface area contributed by atoms with Gasteiger partial charge in [0.15, 0.2) is 0 Å². The first-order valence-electron chi connectivity index (χ1n) is 6.17. The Kier molecular flexibility index (Phi) is 5.09. The molecular weight excluding hydrogens is 188 g/mol. The van der Waals surface area contributed by atoms with Crippen molar-refractivity contribution in [1.29, 1.82) is 0 Å². The summed E-state index contributed by atoms with van der Waals surface area (Å²) in [7, 11) is 0. The van der Waals surface area contributed by atoms with Crippen LogP contribution in [0.3, 0.4) is 0 Å². The van der Waals surface area contributed by atoms with Gasteiger partial charge in [0, 0.05) is 13.1 Å². The van der Waals surface area contributed by atoms with Gasteiger partial charge in [-0.2, -0.15) is 0 Å². The average molecular weight is 212 g/mol. The molecule has 1 heterocycles. The average Bonchev–Trinajstić information content (AvgIpc) is 2.26. The van der Waals surface area contributed by atoms with Crippen molar-refractivity contribution < 1.29 is 4.79 Å². The van der Waals surface area contributed by atoms with E-state index < -0.39 is 0 Å². The molecule has 0 aromatic carbocycles. The number of rotatable bonds is 4. The fourth-order valence-electron chi connectivity index (χ4n) is 1.95. The van der Waals surface area contributed by atoms with E-state index in [1.807, 2.05) is 11.8 Å². The van der Waals surface area contributed by atoms with Crippen LogP contribution in [-0.4, -0.2) is 36.5 Å². The van der Waals surface area contributed by atoms with Crippen molar-refractivity contribution in [2.75, 3.05) is 19.6 Å². The maximum Gasteiger partial charge on any atom is 0.239 e. The first kappa shape index (κ1) is 12.5. The van der Waals surface area contributed by atoms with Gasteiger partial charge >= 0.3 is 0 Å². The summed E-state index contributed by atoms with van der Waals surface area (Å²) in [4.78, 5) is 14.0. The van der Waals surface area contributed by atoms with Crippen LogP contribution in [-0.2, 0) is 4.79 Å². The van der Waals surface area contributed by atoms with Crippen LogP contribution >= 0.6 is 0 Å². The number of carbonyl (C=O) groups excluding carboxylic acids is 1. The predicted octanol–water partition coefficient (Wildman–Crippen LogP) is 1.63. The molecule has 3 nitrogen and oxygen atoms in total. The third kappa shape index (κ3) is 3.82. The molecule has 0 aliphatic carbocycles. The van der Waals surface area contributed by atoms with E-state index in [1.54, 1.807) is 0 Å². The Labute approximate surface area is 93.2 Å². The van der Waals surface area contributed by atoms with Crippen LogP contribution in [0.2, 0.25) is 0 Å². The van der Waals surface area contributed by atoms with Crippen molar-refractivity contribution in [2.45, 2.75) is 46.1 Å². The Morgan fingerprint density at radius 2 is 2.07 bits per heavy atom. The molecule has 1 aliphatic heterocycles. The van der Waals surface area contributed by atoms with Gasteiger partial charge in [0.05, 0.1) is 6.04 Å². The van der Waals surface area contributed by atoms with E-state index in [9.17, 15) is 4.79 Å². The number of hydrogen-bond acceptors (Lipinski definition) is 2. The van der Waals surface area contributed by atoms with Crippen molar-refractivity contribution in [3.05, 3.63) is 0 Å². The van der Waals surface area contributed by atoms with E-state index in [2.05, 4.69) is 19.2 Å². The minimum Gasteiger partial charge on any atom is -0.341 e. The fourth-order valence-corrected chi connectivity index (χ4v) is 1.95. The number of amides is 1. The molecule has 15 heavy (non-hydrogen) atoms. The molecule has 1 fully saturated rings. The van der Waals surface area contributed by atoms with E-state index in [0.29, 0.717) is 0 Å². The topological polar surface area (TPSA) is 32.3 Å². The molecule has 1 saturated heterocycles. The standard InChI is InChI=1S/C12H24N2O/c1-4-7-13-11(3)12(15)14-8-5-10(2)6-9-14/h10-11,13H,4-9H2,1-3H3. The number of piperidine rings is 1. The Morgan fingerprint density at radius 1 is 1.47 bits per heavy atom. The lowest BCUT2D eigenvalue weighted by Crippen LogP contribution is -2.47. The van der Waals surface area contributed by atoms with Crippen molar-refractivity contribution >= 4 is 5.91 Å². The zero-order valence-corrected chi connectivity index (χ0v) is 10.3. The van der Waals surface area contributed by atoms with Crippen LogP contribution in [0, 0.1) is 5.92 Å². The van der Waals surface area contributed by atoms with Gasteiger partial charge in [-0.3, -0.25) is 4.79 Å². The molecule has 0 aromatic heterocycles. The maximum absolute atomic E-state index is 12.0. The van der Waals surface area contributed by atoms with E-state index >= 15 is 0 Å². The number of likely N-dealkylation sites (tertiary alicyclic amines) is 1. The summed E-state index contributed by atoms with van der Waals surface area (Å²) in [6, 6.07) is -0.0154. The Balaban J connectivity index is 2.32. The highest BCUT2D eigenvalue weighted by Crippen LogP contribution is 2.16. The predicted molar refractivity (Wildman–Crippen MR) is 62.7 cm³/mol. The van der Waals surface area contributed by atoms with Gasteiger partial charge in [-0.25, -0.2) is 0 Å². The molecule has 1 aliphatic rings. The third-order valence-corrected chi connectivity index (χ3v) is 3.17. The van der Waals surface area contributed by atoms with Gasteiger partial charge in [-0.1, -0.05) is 13.8 Å². The zero-order chi connectivity index (χ0) is 11.3. The summed E-state index contributed by atoms with van der Waals surface area (Å²) in [5, 5.41) is 3.25. The number of nitrogens with zero attached hydrogens (tertiary/aromatic N) is 1. The second kappa shape index (κ2) is 6.11. The van der Waals surface area contributed by atoms with Crippen LogP contribution in [0.25, 0.3) is 0 Å². The molecular formula is C12H24N2O. The van der Waals surface area contributed by atoms with Gasteiger partial charge in [0.2, 0.25) is 5.91 Å². The highest BCUT2D eigenvalue weighted by atomic mass is 16.2. The summed E-state index contributed by atoms with van der Waals surface area (Å²) in [6.45, 7) is 9.16. The van der Waals surface area contributed by atoms with Crippen LogP contribution in [0.1, 0.15) is 40.0 Å². The number of nitrogens with one attached hydrogen (secondary N) is 1. The molecule has 1 unspecified atom stereocenters. The molecule has 0 saturated carbocycles.